The number of hydrogen-bond donors (Lipinski definition) is 1. The molecule has 1 rings (SSSR count). The van der Waals surface area contributed by atoms with Crippen LogP contribution >= 0.6 is 0 Å². The Hall–Kier alpha value is -0.570. The first-order chi connectivity index (χ1) is 7.68. The van der Waals surface area contributed by atoms with Gasteiger partial charge in [0.2, 0.25) is 0 Å². The SMILES string of the molecule is CC1CCCC(OCCCCCC(=O)O)C1. The fraction of sp³-hybridized carbons (Fsp3) is 0.923. The van der Waals surface area contributed by atoms with Crippen LogP contribution < -0.4 is 0 Å². The monoisotopic (exact) mass is 228 g/mol. The Morgan fingerprint density at radius 3 is 2.81 bits per heavy atom. The molecule has 0 bridgehead atoms. The molecule has 0 aromatic rings. The number of ether oxygens (including phenoxy) is 1. The highest BCUT2D eigenvalue weighted by Crippen LogP contribution is 2.25. The van der Waals surface area contributed by atoms with Gasteiger partial charge >= 0.3 is 5.97 Å². The Kier molecular flexibility index (Phi) is 6.46. The van der Waals surface area contributed by atoms with Gasteiger partial charge < -0.3 is 9.84 Å². The first kappa shape index (κ1) is 13.5. The predicted molar refractivity (Wildman–Crippen MR) is 63.5 cm³/mol. The van der Waals surface area contributed by atoms with E-state index in [0.717, 1.165) is 31.8 Å². The van der Waals surface area contributed by atoms with Gasteiger partial charge in [-0.2, -0.15) is 0 Å². The summed E-state index contributed by atoms with van der Waals surface area (Å²) in [6, 6.07) is 0. The highest BCUT2D eigenvalue weighted by molar-refractivity contribution is 5.66. The molecule has 0 aromatic carbocycles. The second-order valence-corrected chi connectivity index (χ2v) is 4.97. The summed E-state index contributed by atoms with van der Waals surface area (Å²) in [6.45, 7) is 3.10. The molecule has 3 heteroatoms. The number of carbonyl (C=O) groups is 1. The van der Waals surface area contributed by atoms with Gasteiger partial charge in [0.1, 0.15) is 0 Å². The van der Waals surface area contributed by atoms with Gasteiger partial charge in [0, 0.05) is 13.0 Å². The van der Waals surface area contributed by atoms with Crippen LogP contribution in [0, 0.1) is 5.92 Å². The predicted octanol–water partition coefficient (Wildman–Crippen LogP) is 3.23. The van der Waals surface area contributed by atoms with Crippen molar-refractivity contribution in [3.05, 3.63) is 0 Å². The van der Waals surface area contributed by atoms with Crippen LogP contribution in [0.15, 0.2) is 0 Å². The van der Waals surface area contributed by atoms with E-state index in [-0.39, 0.29) is 0 Å². The molecule has 0 radical (unpaired) electrons. The van der Waals surface area contributed by atoms with E-state index in [0.29, 0.717) is 12.5 Å². The summed E-state index contributed by atoms with van der Waals surface area (Å²) >= 11 is 0. The molecule has 0 spiro atoms. The fourth-order valence-corrected chi connectivity index (χ4v) is 2.33. The molecule has 1 aliphatic rings. The maximum absolute atomic E-state index is 10.3. The lowest BCUT2D eigenvalue weighted by atomic mass is 9.89. The van der Waals surface area contributed by atoms with Crippen molar-refractivity contribution < 1.29 is 14.6 Å². The second kappa shape index (κ2) is 7.66. The number of carboxylic acid groups (broad SMARTS) is 1. The van der Waals surface area contributed by atoms with Crippen LogP contribution in [0.2, 0.25) is 0 Å². The normalized spacial score (nSPS) is 25.6. The first-order valence-corrected chi connectivity index (χ1v) is 6.52. The third-order valence-corrected chi connectivity index (χ3v) is 3.28. The van der Waals surface area contributed by atoms with Crippen LogP contribution in [0.4, 0.5) is 0 Å². The molecular formula is C13H24O3. The van der Waals surface area contributed by atoms with E-state index in [1.165, 1.54) is 25.7 Å². The Bertz CT molecular complexity index is 203. The topological polar surface area (TPSA) is 46.5 Å². The molecule has 0 saturated heterocycles. The Labute approximate surface area is 98.2 Å². The van der Waals surface area contributed by atoms with Crippen molar-refractivity contribution in [2.45, 2.75) is 64.4 Å². The van der Waals surface area contributed by atoms with E-state index in [1.54, 1.807) is 0 Å². The van der Waals surface area contributed by atoms with E-state index in [1.807, 2.05) is 0 Å². The minimum atomic E-state index is -0.693. The van der Waals surface area contributed by atoms with Crippen LogP contribution in [0.5, 0.6) is 0 Å². The fourth-order valence-electron chi connectivity index (χ4n) is 2.33. The average Bonchev–Trinajstić information content (AvgIpc) is 2.23. The maximum Gasteiger partial charge on any atom is 0.303 e. The van der Waals surface area contributed by atoms with Crippen LogP contribution in [-0.2, 0) is 9.53 Å². The van der Waals surface area contributed by atoms with Gasteiger partial charge in [-0.3, -0.25) is 4.79 Å². The first-order valence-electron chi connectivity index (χ1n) is 6.52. The summed E-state index contributed by atoms with van der Waals surface area (Å²) in [6.07, 6.45) is 8.55. The largest absolute Gasteiger partial charge is 0.481 e. The van der Waals surface area contributed by atoms with E-state index in [4.69, 9.17) is 9.84 Å². The molecule has 3 nitrogen and oxygen atoms in total. The Morgan fingerprint density at radius 1 is 1.31 bits per heavy atom. The summed E-state index contributed by atoms with van der Waals surface area (Å²) in [7, 11) is 0. The molecule has 0 amide bonds. The van der Waals surface area contributed by atoms with Crippen molar-refractivity contribution in [3.8, 4) is 0 Å². The van der Waals surface area contributed by atoms with Crippen molar-refractivity contribution in [2.75, 3.05) is 6.61 Å². The van der Waals surface area contributed by atoms with Gasteiger partial charge in [0.05, 0.1) is 6.10 Å². The van der Waals surface area contributed by atoms with Crippen molar-refractivity contribution in [1.82, 2.24) is 0 Å². The van der Waals surface area contributed by atoms with Crippen molar-refractivity contribution >= 4 is 5.97 Å². The lowest BCUT2D eigenvalue weighted by Gasteiger charge is -2.26. The van der Waals surface area contributed by atoms with Gasteiger partial charge in [-0.25, -0.2) is 0 Å². The smallest absolute Gasteiger partial charge is 0.303 e. The highest BCUT2D eigenvalue weighted by Gasteiger charge is 2.18. The van der Waals surface area contributed by atoms with Crippen LogP contribution in [0.25, 0.3) is 0 Å². The molecule has 1 aliphatic carbocycles. The highest BCUT2D eigenvalue weighted by atomic mass is 16.5. The molecule has 16 heavy (non-hydrogen) atoms. The zero-order valence-corrected chi connectivity index (χ0v) is 10.3. The quantitative estimate of drug-likeness (QED) is 0.680. The minimum absolute atomic E-state index is 0.292. The van der Waals surface area contributed by atoms with Gasteiger partial charge in [-0.1, -0.05) is 26.2 Å². The second-order valence-electron chi connectivity index (χ2n) is 4.97. The van der Waals surface area contributed by atoms with E-state index < -0.39 is 5.97 Å². The number of rotatable bonds is 7. The zero-order chi connectivity index (χ0) is 11.8. The van der Waals surface area contributed by atoms with Gasteiger partial charge in [0.25, 0.3) is 0 Å². The lowest BCUT2D eigenvalue weighted by Crippen LogP contribution is -2.21. The van der Waals surface area contributed by atoms with E-state index >= 15 is 0 Å². The third-order valence-electron chi connectivity index (χ3n) is 3.28. The molecule has 94 valence electrons. The summed E-state index contributed by atoms with van der Waals surface area (Å²) in [4.78, 5) is 10.3. The molecular weight excluding hydrogens is 204 g/mol. The summed E-state index contributed by atoms with van der Waals surface area (Å²) in [5, 5.41) is 8.47. The van der Waals surface area contributed by atoms with Crippen molar-refractivity contribution in [2.24, 2.45) is 5.92 Å². The van der Waals surface area contributed by atoms with Gasteiger partial charge in [-0.05, 0) is 31.6 Å². The number of unbranched alkanes of at least 4 members (excludes halogenated alkanes) is 2. The van der Waals surface area contributed by atoms with Crippen molar-refractivity contribution in [3.63, 3.8) is 0 Å². The minimum Gasteiger partial charge on any atom is -0.481 e. The van der Waals surface area contributed by atoms with E-state index in [2.05, 4.69) is 6.92 Å². The summed E-state index contributed by atoms with van der Waals surface area (Å²) < 4.78 is 5.81. The number of aliphatic carboxylic acids is 1. The summed E-state index contributed by atoms with van der Waals surface area (Å²) in [5.74, 6) is 0.118. The molecule has 1 N–H and O–H groups in total. The molecule has 1 fully saturated rings. The maximum atomic E-state index is 10.3. The van der Waals surface area contributed by atoms with Crippen LogP contribution in [0.3, 0.4) is 0 Å². The van der Waals surface area contributed by atoms with Crippen LogP contribution in [0.1, 0.15) is 58.3 Å². The van der Waals surface area contributed by atoms with Crippen LogP contribution in [-0.4, -0.2) is 23.8 Å². The zero-order valence-electron chi connectivity index (χ0n) is 10.3. The van der Waals surface area contributed by atoms with Gasteiger partial charge in [0.15, 0.2) is 0 Å². The van der Waals surface area contributed by atoms with E-state index in [9.17, 15) is 4.79 Å². The Balaban J connectivity index is 1.92. The molecule has 0 aliphatic heterocycles. The van der Waals surface area contributed by atoms with Gasteiger partial charge in [-0.15, -0.1) is 0 Å². The average molecular weight is 228 g/mol. The Morgan fingerprint density at radius 2 is 2.12 bits per heavy atom. The standard InChI is InChI=1S/C13H24O3/c1-11-6-5-7-12(10-11)16-9-4-2-3-8-13(14)15/h11-12H,2-10H2,1H3,(H,14,15). The molecule has 2 unspecified atom stereocenters. The summed E-state index contributed by atoms with van der Waals surface area (Å²) in [5.41, 5.74) is 0. The lowest BCUT2D eigenvalue weighted by molar-refractivity contribution is -0.137. The number of carboxylic acids is 1. The van der Waals surface area contributed by atoms with Crippen molar-refractivity contribution in [1.29, 1.82) is 0 Å². The molecule has 0 aromatic heterocycles. The molecule has 2 atom stereocenters. The number of hydrogen-bond acceptors (Lipinski definition) is 2. The third kappa shape index (κ3) is 6.11. The molecule has 1 saturated carbocycles. The molecule has 0 heterocycles.